The summed E-state index contributed by atoms with van der Waals surface area (Å²) in [5.74, 6) is -0.266. The second-order valence-corrected chi connectivity index (χ2v) is 3.59. The molecule has 0 aliphatic heterocycles. The van der Waals surface area contributed by atoms with E-state index >= 15 is 0 Å². The van der Waals surface area contributed by atoms with Gasteiger partial charge in [0.25, 0.3) is 0 Å². The first-order chi connectivity index (χ1) is 6.24. The minimum atomic E-state index is -0.266. The molecule has 2 rings (SSSR count). The van der Waals surface area contributed by atoms with Gasteiger partial charge < -0.3 is 10.7 Å². The summed E-state index contributed by atoms with van der Waals surface area (Å²) >= 11 is 3.18. The van der Waals surface area contributed by atoms with E-state index in [1.54, 1.807) is 12.3 Å². The second kappa shape index (κ2) is 3.12. The van der Waals surface area contributed by atoms with Gasteiger partial charge in [0, 0.05) is 18.1 Å². The normalized spacial score (nSPS) is 11.0. The summed E-state index contributed by atoms with van der Waals surface area (Å²) in [6.07, 6.45) is 1.80. The van der Waals surface area contributed by atoms with Gasteiger partial charge >= 0.3 is 0 Å². The van der Waals surface area contributed by atoms with Crippen LogP contribution in [-0.4, -0.2) is 4.98 Å². The Balaban J connectivity index is 2.81. The quantitative estimate of drug-likeness (QED) is 0.793. The lowest BCUT2D eigenvalue weighted by Gasteiger charge is -1.97. The van der Waals surface area contributed by atoms with E-state index < -0.39 is 0 Å². The molecule has 68 valence electrons. The second-order valence-electron chi connectivity index (χ2n) is 2.80. The highest BCUT2D eigenvalue weighted by Crippen LogP contribution is 2.27. The molecule has 0 saturated heterocycles. The molecule has 3 N–H and O–H groups in total. The summed E-state index contributed by atoms with van der Waals surface area (Å²) < 4.78 is 13.5. The van der Waals surface area contributed by atoms with Gasteiger partial charge in [-0.05, 0) is 33.6 Å². The summed E-state index contributed by atoms with van der Waals surface area (Å²) in [5.41, 5.74) is 7.28. The maximum absolute atomic E-state index is 13.1. The molecule has 0 fully saturated rings. The predicted octanol–water partition coefficient (Wildman–Crippen LogP) is 2.53. The molecule has 2 aromatic rings. The Morgan fingerprint density at radius 1 is 1.46 bits per heavy atom. The average molecular weight is 243 g/mol. The van der Waals surface area contributed by atoms with E-state index in [-0.39, 0.29) is 5.82 Å². The number of nitrogens with two attached hydrogens (primary N) is 1. The van der Waals surface area contributed by atoms with E-state index in [4.69, 9.17) is 5.73 Å². The molecule has 0 aliphatic rings. The first kappa shape index (κ1) is 8.72. The molecular weight excluding hydrogens is 235 g/mol. The van der Waals surface area contributed by atoms with E-state index in [9.17, 15) is 4.39 Å². The minimum absolute atomic E-state index is 0.266. The molecule has 4 heteroatoms. The first-order valence-electron chi connectivity index (χ1n) is 3.88. The minimum Gasteiger partial charge on any atom is -0.360 e. The molecule has 0 saturated carbocycles. The van der Waals surface area contributed by atoms with E-state index in [0.29, 0.717) is 11.0 Å². The van der Waals surface area contributed by atoms with Crippen molar-refractivity contribution in [1.29, 1.82) is 0 Å². The zero-order chi connectivity index (χ0) is 9.42. The molecule has 0 radical (unpaired) electrons. The predicted molar refractivity (Wildman–Crippen MR) is 53.8 cm³/mol. The van der Waals surface area contributed by atoms with E-state index in [0.717, 1.165) is 16.5 Å². The fourth-order valence-electron chi connectivity index (χ4n) is 1.37. The highest BCUT2D eigenvalue weighted by molar-refractivity contribution is 9.10. The number of benzene rings is 1. The molecule has 0 atom stereocenters. The number of aromatic amines is 1. The highest BCUT2D eigenvalue weighted by Gasteiger charge is 2.08. The number of hydrogen-bond donors (Lipinski definition) is 2. The zero-order valence-corrected chi connectivity index (χ0v) is 8.36. The van der Waals surface area contributed by atoms with Gasteiger partial charge in [0.2, 0.25) is 0 Å². The van der Waals surface area contributed by atoms with Gasteiger partial charge in [0.1, 0.15) is 5.82 Å². The molecule has 0 unspecified atom stereocenters. The zero-order valence-electron chi connectivity index (χ0n) is 6.77. The first-order valence-corrected chi connectivity index (χ1v) is 4.67. The van der Waals surface area contributed by atoms with E-state index in [1.807, 2.05) is 0 Å². The van der Waals surface area contributed by atoms with Crippen LogP contribution in [0, 0.1) is 5.82 Å². The van der Waals surface area contributed by atoms with Crippen LogP contribution in [0.25, 0.3) is 10.9 Å². The summed E-state index contributed by atoms with van der Waals surface area (Å²) in [6, 6.07) is 3.16. The lowest BCUT2D eigenvalue weighted by Crippen LogP contribution is -1.94. The van der Waals surface area contributed by atoms with Gasteiger partial charge in [-0.15, -0.1) is 0 Å². The lowest BCUT2D eigenvalue weighted by molar-refractivity contribution is 0.623. The van der Waals surface area contributed by atoms with Crippen molar-refractivity contribution < 1.29 is 4.39 Å². The van der Waals surface area contributed by atoms with Gasteiger partial charge in [-0.2, -0.15) is 0 Å². The van der Waals surface area contributed by atoms with Crippen molar-refractivity contribution >= 4 is 26.8 Å². The Bertz CT molecular complexity index is 450. The maximum Gasteiger partial charge on any atom is 0.139 e. The number of hydrogen-bond acceptors (Lipinski definition) is 1. The number of rotatable bonds is 1. The van der Waals surface area contributed by atoms with Crippen molar-refractivity contribution in [3.63, 3.8) is 0 Å². The fraction of sp³-hybridized carbons (Fsp3) is 0.111. The number of fused-ring (bicyclic) bond motifs is 1. The molecule has 1 aromatic carbocycles. The summed E-state index contributed by atoms with van der Waals surface area (Å²) in [4.78, 5) is 2.98. The Morgan fingerprint density at radius 2 is 2.23 bits per heavy atom. The SMILES string of the molecule is NCc1c[nH]c2c(Br)c(F)ccc12. The van der Waals surface area contributed by atoms with Crippen molar-refractivity contribution in [1.82, 2.24) is 4.98 Å². The molecule has 0 amide bonds. The molecule has 0 aliphatic carbocycles. The van der Waals surface area contributed by atoms with Gasteiger partial charge in [0.15, 0.2) is 0 Å². The topological polar surface area (TPSA) is 41.8 Å². The van der Waals surface area contributed by atoms with Gasteiger partial charge in [-0.3, -0.25) is 0 Å². The number of H-pyrrole nitrogens is 1. The number of nitrogens with one attached hydrogen (secondary N) is 1. The Labute approximate surface area is 83.1 Å². The van der Waals surface area contributed by atoms with Gasteiger partial charge in [-0.25, -0.2) is 4.39 Å². The monoisotopic (exact) mass is 242 g/mol. The third-order valence-electron chi connectivity index (χ3n) is 2.05. The van der Waals surface area contributed by atoms with Crippen LogP contribution in [0.4, 0.5) is 4.39 Å². The number of aromatic nitrogens is 1. The Kier molecular flexibility index (Phi) is 2.09. The third kappa shape index (κ3) is 1.26. The van der Waals surface area contributed by atoms with Crippen LogP contribution in [0.3, 0.4) is 0 Å². The van der Waals surface area contributed by atoms with Gasteiger partial charge in [-0.1, -0.05) is 0 Å². The molecule has 0 bridgehead atoms. The third-order valence-corrected chi connectivity index (χ3v) is 2.83. The van der Waals surface area contributed by atoms with Crippen LogP contribution in [0.1, 0.15) is 5.56 Å². The molecule has 2 nitrogen and oxygen atoms in total. The maximum atomic E-state index is 13.1. The largest absolute Gasteiger partial charge is 0.360 e. The van der Waals surface area contributed by atoms with Crippen LogP contribution in [-0.2, 0) is 6.54 Å². The van der Waals surface area contributed by atoms with Crippen molar-refractivity contribution in [2.45, 2.75) is 6.54 Å². The van der Waals surface area contributed by atoms with Crippen LogP contribution in [0.5, 0.6) is 0 Å². The average Bonchev–Trinajstić information content (AvgIpc) is 2.55. The molecule has 0 spiro atoms. The molecular formula is C9H8BrFN2. The Hall–Kier alpha value is -0.870. The molecule has 13 heavy (non-hydrogen) atoms. The summed E-state index contributed by atoms with van der Waals surface area (Å²) in [7, 11) is 0. The highest BCUT2D eigenvalue weighted by atomic mass is 79.9. The van der Waals surface area contributed by atoms with E-state index in [1.165, 1.54) is 6.07 Å². The van der Waals surface area contributed by atoms with Crippen LogP contribution in [0.15, 0.2) is 22.8 Å². The van der Waals surface area contributed by atoms with Gasteiger partial charge in [0.05, 0.1) is 9.99 Å². The van der Waals surface area contributed by atoms with Crippen LogP contribution in [0.2, 0.25) is 0 Å². The molecule has 1 aromatic heterocycles. The van der Waals surface area contributed by atoms with Crippen molar-refractivity contribution in [3.8, 4) is 0 Å². The molecule has 1 heterocycles. The Morgan fingerprint density at radius 3 is 2.92 bits per heavy atom. The standard InChI is InChI=1S/C9H8BrFN2/c10-8-7(11)2-1-6-5(3-12)4-13-9(6)8/h1-2,4,13H,3,12H2. The fourth-order valence-corrected chi connectivity index (χ4v) is 1.83. The van der Waals surface area contributed by atoms with E-state index in [2.05, 4.69) is 20.9 Å². The summed E-state index contributed by atoms with van der Waals surface area (Å²) in [6.45, 7) is 0.456. The van der Waals surface area contributed by atoms with Crippen LogP contribution < -0.4 is 5.73 Å². The van der Waals surface area contributed by atoms with Crippen LogP contribution >= 0.6 is 15.9 Å². The van der Waals surface area contributed by atoms with Crippen molar-refractivity contribution in [3.05, 3.63) is 34.2 Å². The lowest BCUT2D eigenvalue weighted by atomic mass is 10.2. The smallest absolute Gasteiger partial charge is 0.139 e. The van der Waals surface area contributed by atoms with Crippen molar-refractivity contribution in [2.75, 3.05) is 0 Å². The van der Waals surface area contributed by atoms with Crippen molar-refractivity contribution in [2.24, 2.45) is 5.73 Å². The number of halogens is 2. The summed E-state index contributed by atoms with van der Waals surface area (Å²) in [5, 5.41) is 0.968.